The number of aromatic nitrogens is 2. The summed E-state index contributed by atoms with van der Waals surface area (Å²) in [5.74, 6) is 5.57. The van der Waals surface area contributed by atoms with Crippen LogP contribution < -0.4 is 0 Å². The van der Waals surface area contributed by atoms with E-state index in [4.69, 9.17) is 10.7 Å². The van der Waals surface area contributed by atoms with Crippen LogP contribution in [0.4, 0.5) is 0 Å². The fourth-order valence-electron chi connectivity index (χ4n) is 0.697. The fraction of sp³-hybridized carbons (Fsp3) is 0.250. The van der Waals surface area contributed by atoms with Crippen LogP contribution in [-0.2, 0) is 9.05 Å². The van der Waals surface area contributed by atoms with Gasteiger partial charge in [-0.3, -0.25) is 0 Å². The molecule has 1 aromatic heterocycles. The molecule has 0 bridgehead atoms. The minimum Gasteiger partial charge on any atom is -0.224 e. The van der Waals surface area contributed by atoms with Crippen LogP contribution in [-0.4, -0.2) is 18.4 Å². The van der Waals surface area contributed by atoms with Gasteiger partial charge in [0.05, 0.1) is 5.56 Å². The highest BCUT2D eigenvalue weighted by Gasteiger charge is 2.12. The van der Waals surface area contributed by atoms with Crippen molar-refractivity contribution in [3.05, 3.63) is 18.0 Å². The first-order valence-electron chi connectivity index (χ1n) is 3.79. The highest BCUT2D eigenvalue weighted by atomic mass is 35.7. The van der Waals surface area contributed by atoms with Gasteiger partial charge in [-0.05, 0) is 0 Å². The van der Waals surface area contributed by atoms with Gasteiger partial charge >= 0.3 is 0 Å². The van der Waals surface area contributed by atoms with Crippen LogP contribution in [0.2, 0.25) is 0 Å². The quantitative estimate of drug-likeness (QED) is 0.413. The Kier molecular flexibility index (Phi) is 3.44. The van der Waals surface area contributed by atoms with Crippen molar-refractivity contribution in [2.45, 2.75) is 18.5 Å². The molecule has 6 heteroatoms. The van der Waals surface area contributed by atoms with E-state index < -0.39 is 14.2 Å². The first-order valence-corrected chi connectivity index (χ1v) is 6.10. The Hall–Kier alpha value is -1.12. The largest absolute Gasteiger partial charge is 0.296 e. The number of rotatable bonds is 1. The average molecular weight is 231 g/mol. The third-order valence-corrected chi connectivity index (χ3v) is 2.32. The Morgan fingerprint density at radius 3 is 2.43 bits per heavy atom. The minimum atomic E-state index is -3.84. The fourth-order valence-corrected chi connectivity index (χ4v) is 1.29. The van der Waals surface area contributed by atoms with E-state index in [0.717, 1.165) is 6.42 Å². The molecule has 14 heavy (non-hydrogen) atoms. The van der Waals surface area contributed by atoms with Gasteiger partial charge in [-0.2, -0.15) is 0 Å². The van der Waals surface area contributed by atoms with Crippen LogP contribution in [0.25, 0.3) is 0 Å². The summed E-state index contributed by atoms with van der Waals surface area (Å²) in [6, 6.07) is 0. The average Bonchev–Trinajstić information content (AvgIpc) is 2.14. The molecule has 1 rings (SSSR count). The van der Waals surface area contributed by atoms with Crippen molar-refractivity contribution in [2.75, 3.05) is 0 Å². The minimum absolute atomic E-state index is 0.402. The molecule has 0 amide bonds. The summed E-state index contributed by atoms with van der Waals surface area (Å²) < 4.78 is 21.5. The van der Waals surface area contributed by atoms with Crippen molar-refractivity contribution in [3.8, 4) is 11.8 Å². The molecule has 0 aliphatic heterocycles. The summed E-state index contributed by atoms with van der Waals surface area (Å²) in [6.07, 6.45) is 3.37. The SMILES string of the molecule is CCC#Cc1cnc(S(=O)(=O)Cl)nc1. The van der Waals surface area contributed by atoms with Crippen molar-refractivity contribution < 1.29 is 8.42 Å². The standard InChI is InChI=1S/C8H7ClN2O2S/c1-2-3-4-7-5-10-8(11-6-7)14(9,12)13/h5-6H,2H2,1H3. The van der Waals surface area contributed by atoms with E-state index >= 15 is 0 Å². The zero-order valence-corrected chi connectivity index (χ0v) is 8.93. The predicted molar refractivity (Wildman–Crippen MR) is 52.2 cm³/mol. The molecule has 0 spiro atoms. The lowest BCUT2D eigenvalue weighted by atomic mass is 10.3. The highest BCUT2D eigenvalue weighted by molar-refractivity contribution is 8.13. The predicted octanol–water partition coefficient (Wildman–Crippen LogP) is 1.17. The molecular weight excluding hydrogens is 224 g/mol. The van der Waals surface area contributed by atoms with Gasteiger partial charge in [-0.25, -0.2) is 18.4 Å². The molecule has 74 valence electrons. The number of halogens is 1. The number of nitrogens with zero attached hydrogens (tertiary/aromatic N) is 2. The van der Waals surface area contributed by atoms with E-state index in [-0.39, 0.29) is 0 Å². The van der Waals surface area contributed by atoms with Gasteiger partial charge in [0.15, 0.2) is 0 Å². The zero-order valence-electron chi connectivity index (χ0n) is 7.36. The van der Waals surface area contributed by atoms with Crippen LogP contribution in [0.1, 0.15) is 18.9 Å². The molecule has 4 nitrogen and oxygen atoms in total. The van der Waals surface area contributed by atoms with E-state index in [1.54, 1.807) is 0 Å². The Morgan fingerprint density at radius 1 is 1.43 bits per heavy atom. The molecular formula is C8H7ClN2O2S. The molecule has 0 radical (unpaired) electrons. The van der Waals surface area contributed by atoms with Crippen molar-refractivity contribution in [1.29, 1.82) is 0 Å². The van der Waals surface area contributed by atoms with Gasteiger partial charge in [-0.1, -0.05) is 18.8 Å². The lowest BCUT2D eigenvalue weighted by molar-refractivity contribution is 0.601. The summed E-state index contributed by atoms with van der Waals surface area (Å²) >= 11 is 0. The monoisotopic (exact) mass is 230 g/mol. The summed E-state index contributed by atoms with van der Waals surface area (Å²) in [6.45, 7) is 1.91. The molecule has 1 aromatic rings. The third kappa shape index (κ3) is 2.98. The Labute approximate surface area is 86.8 Å². The first-order chi connectivity index (χ1) is 6.54. The van der Waals surface area contributed by atoms with Gasteiger partial charge in [0.2, 0.25) is 0 Å². The van der Waals surface area contributed by atoms with E-state index in [1.807, 2.05) is 6.92 Å². The maximum atomic E-state index is 10.8. The van der Waals surface area contributed by atoms with Gasteiger partial charge in [-0.15, -0.1) is 0 Å². The molecule has 0 aromatic carbocycles. The maximum absolute atomic E-state index is 10.8. The zero-order chi connectivity index (χ0) is 10.6. The summed E-state index contributed by atoms with van der Waals surface area (Å²) in [4.78, 5) is 7.14. The third-order valence-electron chi connectivity index (χ3n) is 1.26. The lowest BCUT2D eigenvalue weighted by Crippen LogP contribution is -1.98. The van der Waals surface area contributed by atoms with Gasteiger partial charge in [0, 0.05) is 29.5 Å². The molecule has 0 N–H and O–H groups in total. The Balaban J connectivity index is 3.01. The van der Waals surface area contributed by atoms with Crippen LogP contribution in [0.3, 0.4) is 0 Å². The van der Waals surface area contributed by atoms with Crippen LogP contribution in [0.5, 0.6) is 0 Å². The van der Waals surface area contributed by atoms with E-state index in [2.05, 4.69) is 21.8 Å². The lowest BCUT2D eigenvalue weighted by Gasteiger charge is -1.92. The Bertz CT molecular complexity index is 470. The molecule has 0 saturated heterocycles. The second kappa shape index (κ2) is 4.40. The molecule has 0 saturated carbocycles. The van der Waals surface area contributed by atoms with Crippen molar-refractivity contribution in [3.63, 3.8) is 0 Å². The molecule has 0 unspecified atom stereocenters. The van der Waals surface area contributed by atoms with Crippen molar-refractivity contribution in [2.24, 2.45) is 0 Å². The number of hydrogen-bond donors (Lipinski definition) is 0. The molecule has 0 aliphatic rings. The second-order valence-corrected chi connectivity index (χ2v) is 4.81. The molecule has 1 heterocycles. The molecule has 0 aliphatic carbocycles. The van der Waals surface area contributed by atoms with Gasteiger partial charge in [0.1, 0.15) is 0 Å². The van der Waals surface area contributed by atoms with Crippen LogP contribution in [0, 0.1) is 11.8 Å². The summed E-state index contributed by atoms with van der Waals surface area (Å²) in [5, 5.41) is -0.402. The van der Waals surface area contributed by atoms with E-state index in [9.17, 15) is 8.42 Å². The van der Waals surface area contributed by atoms with Crippen molar-refractivity contribution >= 4 is 19.7 Å². The maximum Gasteiger partial charge on any atom is 0.296 e. The van der Waals surface area contributed by atoms with Gasteiger partial charge in [0.25, 0.3) is 14.2 Å². The van der Waals surface area contributed by atoms with E-state index in [1.165, 1.54) is 12.4 Å². The van der Waals surface area contributed by atoms with Crippen molar-refractivity contribution in [1.82, 2.24) is 9.97 Å². The summed E-state index contributed by atoms with van der Waals surface area (Å²) in [7, 11) is 1.19. The first kappa shape index (κ1) is 11.0. The molecule has 0 atom stereocenters. The number of hydrogen-bond acceptors (Lipinski definition) is 4. The van der Waals surface area contributed by atoms with Crippen LogP contribution in [0.15, 0.2) is 17.6 Å². The smallest absolute Gasteiger partial charge is 0.224 e. The summed E-state index contributed by atoms with van der Waals surface area (Å²) in [5.41, 5.74) is 0.566. The van der Waals surface area contributed by atoms with E-state index in [0.29, 0.717) is 5.56 Å². The topological polar surface area (TPSA) is 59.9 Å². The second-order valence-electron chi connectivity index (χ2n) is 2.35. The van der Waals surface area contributed by atoms with Crippen LogP contribution >= 0.6 is 10.7 Å². The highest BCUT2D eigenvalue weighted by Crippen LogP contribution is 2.07. The van der Waals surface area contributed by atoms with Gasteiger partial charge < -0.3 is 0 Å². The molecule has 0 fully saturated rings. The normalized spacial score (nSPS) is 10.4. The Morgan fingerprint density at radius 2 is 2.00 bits per heavy atom.